The molecule has 1 heterocycles. The molecule has 6 nitrogen and oxygen atoms in total. The number of hydrogen-bond acceptors (Lipinski definition) is 6. The lowest BCUT2D eigenvalue weighted by Crippen LogP contribution is -2.13. The molecule has 8 heteroatoms. The molecule has 0 fully saturated rings. The van der Waals surface area contributed by atoms with Gasteiger partial charge >= 0.3 is 0 Å². The summed E-state index contributed by atoms with van der Waals surface area (Å²) in [7, 11) is 0. The number of carbonyl (C=O) groups is 2. The van der Waals surface area contributed by atoms with E-state index in [9.17, 15) is 9.59 Å². The minimum absolute atomic E-state index is 0.184. The number of primary amides is 1. The van der Waals surface area contributed by atoms with E-state index in [-0.39, 0.29) is 17.6 Å². The summed E-state index contributed by atoms with van der Waals surface area (Å²) in [5.74, 6) is 0.0428. The fourth-order valence-corrected chi connectivity index (χ4v) is 3.68. The summed E-state index contributed by atoms with van der Waals surface area (Å²) in [6.07, 6.45) is 0. The Kier molecular flexibility index (Phi) is 6.00. The van der Waals surface area contributed by atoms with Crippen molar-refractivity contribution in [3.05, 3.63) is 35.5 Å². The Morgan fingerprint density at radius 1 is 1.39 bits per heavy atom. The van der Waals surface area contributed by atoms with Crippen LogP contribution in [0.25, 0.3) is 0 Å². The van der Waals surface area contributed by atoms with Crippen molar-refractivity contribution in [3.8, 4) is 5.75 Å². The molecule has 0 spiro atoms. The highest BCUT2D eigenvalue weighted by Crippen LogP contribution is 2.32. The maximum absolute atomic E-state index is 12.4. The monoisotopic (exact) mass is 351 g/mol. The zero-order valence-electron chi connectivity index (χ0n) is 12.8. The Morgan fingerprint density at radius 3 is 2.83 bits per heavy atom. The molecule has 0 bridgehead atoms. The van der Waals surface area contributed by atoms with Gasteiger partial charge < -0.3 is 10.5 Å². The first kappa shape index (κ1) is 17.3. The third-order valence-corrected chi connectivity index (χ3v) is 5.21. The summed E-state index contributed by atoms with van der Waals surface area (Å²) in [6.45, 7) is 4.17. The maximum atomic E-state index is 12.4. The summed E-state index contributed by atoms with van der Waals surface area (Å²) in [5, 5.41) is 3.24. The number of benzene rings is 1. The van der Waals surface area contributed by atoms with Gasteiger partial charge in [-0.3, -0.25) is 14.9 Å². The fourth-order valence-electron chi connectivity index (χ4n) is 1.81. The highest BCUT2D eigenvalue weighted by atomic mass is 32.2. The predicted molar refractivity (Wildman–Crippen MR) is 92.3 cm³/mol. The molecule has 1 aromatic carbocycles. The van der Waals surface area contributed by atoms with Crippen LogP contribution in [0.4, 0.5) is 5.13 Å². The zero-order valence-corrected chi connectivity index (χ0v) is 14.4. The van der Waals surface area contributed by atoms with Gasteiger partial charge in [-0.2, -0.15) is 0 Å². The molecule has 0 aliphatic rings. The molecular formula is C15H17N3O3S2. The van der Waals surface area contributed by atoms with Crippen molar-refractivity contribution in [1.29, 1.82) is 0 Å². The van der Waals surface area contributed by atoms with Crippen LogP contribution in [-0.4, -0.2) is 29.2 Å². The minimum atomic E-state index is -0.390. The van der Waals surface area contributed by atoms with Crippen LogP contribution in [-0.2, 0) is 4.79 Å². The van der Waals surface area contributed by atoms with Crippen LogP contribution in [0.3, 0.4) is 0 Å². The van der Waals surface area contributed by atoms with Crippen molar-refractivity contribution >= 4 is 40.0 Å². The van der Waals surface area contributed by atoms with Crippen LogP contribution in [0.15, 0.2) is 28.5 Å². The second-order valence-electron chi connectivity index (χ2n) is 4.53. The molecule has 0 aliphatic heterocycles. The van der Waals surface area contributed by atoms with Gasteiger partial charge in [-0.15, -0.1) is 11.8 Å². The van der Waals surface area contributed by atoms with Crippen LogP contribution in [0.1, 0.15) is 23.0 Å². The summed E-state index contributed by atoms with van der Waals surface area (Å²) in [4.78, 5) is 27.5. The van der Waals surface area contributed by atoms with Gasteiger partial charge in [-0.05, 0) is 26.0 Å². The van der Waals surface area contributed by atoms with Crippen molar-refractivity contribution in [1.82, 2.24) is 4.98 Å². The SMILES string of the molecule is CCOc1ccccc1C(=O)Nc1nc(C)c(SCC(N)=O)s1. The van der Waals surface area contributed by atoms with E-state index in [0.29, 0.717) is 23.1 Å². The number of nitrogens with zero attached hydrogens (tertiary/aromatic N) is 1. The normalized spacial score (nSPS) is 10.3. The molecule has 2 amide bonds. The van der Waals surface area contributed by atoms with E-state index in [2.05, 4.69) is 10.3 Å². The first-order chi connectivity index (χ1) is 11.0. The predicted octanol–water partition coefficient (Wildman–Crippen LogP) is 2.68. The van der Waals surface area contributed by atoms with Gasteiger partial charge in [-0.1, -0.05) is 23.5 Å². The molecule has 2 aromatic rings. The number of thiazole rings is 1. The van der Waals surface area contributed by atoms with E-state index >= 15 is 0 Å². The molecule has 0 unspecified atom stereocenters. The number of ether oxygens (including phenoxy) is 1. The average Bonchev–Trinajstić information content (AvgIpc) is 2.85. The van der Waals surface area contributed by atoms with E-state index in [1.165, 1.54) is 23.1 Å². The fraction of sp³-hybridized carbons (Fsp3) is 0.267. The Bertz CT molecular complexity index is 716. The maximum Gasteiger partial charge on any atom is 0.261 e. The van der Waals surface area contributed by atoms with E-state index < -0.39 is 0 Å². The third-order valence-electron chi connectivity index (χ3n) is 2.75. The molecule has 23 heavy (non-hydrogen) atoms. The topological polar surface area (TPSA) is 94.3 Å². The van der Waals surface area contributed by atoms with Gasteiger partial charge in [0, 0.05) is 0 Å². The van der Waals surface area contributed by atoms with Crippen LogP contribution < -0.4 is 15.8 Å². The number of nitrogens with two attached hydrogens (primary N) is 1. The lowest BCUT2D eigenvalue weighted by Gasteiger charge is -2.08. The molecule has 122 valence electrons. The number of amides is 2. The molecule has 2 rings (SSSR count). The van der Waals surface area contributed by atoms with E-state index in [1.54, 1.807) is 18.2 Å². The molecule has 0 atom stereocenters. The minimum Gasteiger partial charge on any atom is -0.493 e. The number of hydrogen-bond donors (Lipinski definition) is 2. The number of para-hydroxylation sites is 1. The largest absolute Gasteiger partial charge is 0.493 e. The Hall–Kier alpha value is -2.06. The van der Waals surface area contributed by atoms with Gasteiger partial charge in [-0.25, -0.2) is 4.98 Å². The molecule has 1 aromatic heterocycles. The van der Waals surface area contributed by atoms with Crippen LogP contribution in [0, 0.1) is 6.92 Å². The Labute approximate surface area is 142 Å². The first-order valence-corrected chi connectivity index (χ1v) is 8.73. The second-order valence-corrected chi connectivity index (χ2v) is 6.77. The van der Waals surface area contributed by atoms with E-state index in [4.69, 9.17) is 10.5 Å². The van der Waals surface area contributed by atoms with Gasteiger partial charge in [0.25, 0.3) is 5.91 Å². The number of thioether (sulfide) groups is 1. The standard InChI is InChI=1S/C15H17N3O3S2/c1-3-21-11-7-5-4-6-10(11)13(20)18-15-17-9(2)14(23-15)22-8-12(16)19/h4-7H,3,8H2,1-2H3,(H2,16,19)(H,17,18,20). The second kappa shape index (κ2) is 7.98. The van der Waals surface area contributed by atoms with Crippen LogP contribution in [0.5, 0.6) is 5.75 Å². The van der Waals surface area contributed by atoms with Crippen molar-refractivity contribution < 1.29 is 14.3 Å². The summed E-state index contributed by atoms with van der Waals surface area (Å²) < 4.78 is 6.31. The highest BCUT2D eigenvalue weighted by molar-refractivity contribution is 8.01. The number of carbonyl (C=O) groups excluding carboxylic acids is 2. The molecule has 0 aliphatic carbocycles. The molecule has 3 N–H and O–H groups in total. The number of aryl methyl sites for hydroxylation is 1. The average molecular weight is 351 g/mol. The van der Waals surface area contributed by atoms with Gasteiger partial charge in [0.05, 0.1) is 27.8 Å². The number of rotatable bonds is 7. The smallest absolute Gasteiger partial charge is 0.261 e. The van der Waals surface area contributed by atoms with Gasteiger partial charge in [0.2, 0.25) is 5.91 Å². The van der Waals surface area contributed by atoms with E-state index in [1.807, 2.05) is 19.9 Å². The highest BCUT2D eigenvalue weighted by Gasteiger charge is 2.15. The lowest BCUT2D eigenvalue weighted by molar-refractivity contribution is -0.115. The lowest BCUT2D eigenvalue weighted by atomic mass is 10.2. The number of nitrogens with one attached hydrogen (secondary N) is 1. The summed E-state index contributed by atoms with van der Waals surface area (Å²) in [5.41, 5.74) is 6.35. The van der Waals surface area contributed by atoms with Gasteiger partial charge in [0.15, 0.2) is 5.13 Å². The number of aromatic nitrogens is 1. The summed E-state index contributed by atoms with van der Waals surface area (Å²) >= 11 is 2.63. The molecule has 0 radical (unpaired) electrons. The van der Waals surface area contributed by atoms with Crippen LogP contribution >= 0.6 is 23.1 Å². The molecule has 0 saturated carbocycles. The van der Waals surface area contributed by atoms with Gasteiger partial charge in [0.1, 0.15) is 5.75 Å². The summed E-state index contributed by atoms with van der Waals surface area (Å²) in [6, 6.07) is 7.04. The Morgan fingerprint density at radius 2 is 2.13 bits per heavy atom. The third kappa shape index (κ3) is 4.70. The van der Waals surface area contributed by atoms with Crippen molar-refractivity contribution in [2.75, 3.05) is 17.7 Å². The Balaban J connectivity index is 2.12. The zero-order chi connectivity index (χ0) is 16.8. The number of anilines is 1. The van der Waals surface area contributed by atoms with Crippen molar-refractivity contribution in [3.63, 3.8) is 0 Å². The van der Waals surface area contributed by atoms with Crippen LogP contribution in [0.2, 0.25) is 0 Å². The molecular weight excluding hydrogens is 334 g/mol. The quantitative estimate of drug-likeness (QED) is 0.748. The first-order valence-electron chi connectivity index (χ1n) is 6.93. The molecule has 0 saturated heterocycles. The van der Waals surface area contributed by atoms with Crippen molar-refractivity contribution in [2.24, 2.45) is 5.73 Å². The van der Waals surface area contributed by atoms with E-state index in [0.717, 1.165) is 9.90 Å². The van der Waals surface area contributed by atoms with Crippen molar-refractivity contribution in [2.45, 2.75) is 18.1 Å².